The second-order valence-corrected chi connectivity index (χ2v) is 5.44. The van der Waals surface area contributed by atoms with Crippen molar-refractivity contribution < 1.29 is 4.79 Å². The first kappa shape index (κ1) is 14.7. The number of rotatable bonds is 5. The van der Waals surface area contributed by atoms with Gasteiger partial charge in [-0.3, -0.25) is 19.5 Å². The number of carbonyl (C=O) groups is 1. The molecular weight excluding hydrogens is 282 g/mol. The number of hydrogen-bond donors (Lipinski definition) is 1. The topological polar surface area (TPSA) is 82.9 Å². The van der Waals surface area contributed by atoms with Crippen LogP contribution >= 0.6 is 0 Å². The summed E-state index contributed by atoms with van der Waals surface area (Å²) in [5, 5.41) is 10.9. The first-order valence-corrected chi connectivity index (χ1v) is 7.62. The lowest BCUT2D eigenvalue weighted by Gasteiger charge is -2.35. The third kappa shape index (κ3) is 3.16. The van der Waals surface area contributed by atoms with Gasteiger partial charge in [0.2, 0.25) is 5.91 Å². The molecule has 1 atom stereocenters. The van der Waals surface area contributed by atoms with Crippen LogP contribution in [0.25, 0.3) is 0 Å². The van der Waals surface area contributed by atoms with Gasteiger partial charge in [-0.05, 0) is 12.5 Å². The quantitative estimate of drug-likeness (QED) is 0.859. The molecule has 118 valence electrons. The molecule has 0 radical (unpaired) electrons. The molecule has 1 aliphatic heterocycles. The summed E-state index contributed by atoms with van der Waals surface area (Å²) >= 11 is 0. The Morgan fingerprint density at radius 3 is 2.77 bits per heavy atom. The van der Waals surface area contributed by atoms with Crippen molar-refractivity contribution in [2.45, 2.75) is 25.9 Å². The van der Waals surface area contributed by atoms with Crippen molar-refractivity contribution >= 4 is 5.91 Å². The van der Waals surface area contributed by atoms with Gasteiger partial charge in [-0.15, -0.1) is 0 Å². The zero-order valence-electron chi connectivity index (χ0n) is 12.7. The van der Waals surface area contributed by atoms with Gasteiger partial charge >= 0.3 is 0 Å². The molecule has 8 nitrogen and oxygen atoms in total. The van der Waals surface area contributed by atoms with Gasteiger partial charge in [0, 0.05) is 38.6 Å². The number of nitrogens with zero attached hydrogens (tertiary/aromatic N) is 6. The van der Waals surface area contributed by atoms with Crippen LogP contribution in [-0.2, 0) is 11.3 Å². The first-order chi connectivity index (χ1) is 10.8. The normalized spacial score (nSPS) is 17.6. The average Bonchev–Trinajstić information content (AvgIpc) is 3.22. The number of aromatic nitrogens is 5. The summed E-state index contributed by atoms with van der Waals surface area (Å²) in [6.07, 6.45) is 5.83. The van der Waals surface area contributed by atoms with Crippen LogP contribution in [0.15, 0.2) is 24.8 Å². The predicted octanol–water partition coefficient (Wildman–Crippen LogP) is 0.297. The lowest BCUT2D eigenvalue weighted by atomic mass is 10.2. The number of aromatic amines is 1. The maximum atomic E-state index is 12.7. The van der Waals surface area contributed by atoms with Crippen LogP contribution in [0.5, 0.6) is 0 Å². The molecule has 0 saturated carbocycles. The van der Waals surface area contributed by atoms with Crippen LogP contribution in [0.4, 0.5) is 0 Å². The van der Waals surface area contributed by atoms with Gasteiger partial charge in [0.1, 0.15) is 18.2 Å². The molecule has 0 spiro atoms. The third-order valence-corrected chi connectivity index (χ3v) is 4.04. The fourth-order valence-corrected chi connectivity index (χ4v) is 2.80. The first-order valence-electron chi connectivity index (χ1n) is 7.62. The van der Waals surface area contributed by atoms with Crippen LogP contribution in [0.3, 0.4) is 0 Å². The highest BCUT2D eigenvalue weighted by Gasteiger charge is 2.27. The molecule has 3 rings (SSSR count). The summed E-state index contributed by atoms with van der Waals surface area (Å²) in [5.41, 5.74) is 0. The number of carbonyl (C=O) groups excluding carboxylic acids is 1. The molecule has 1 saturated heterocycles. The highest BCUT2D eigenvalue weighted by atomic mass is 16.2. The summed E-state index contributed by atoms with van der Waals surface area (Å²) in [6, 6.07) is 1.65. The van der Waals surface area contributed by atoms with Crippen molar-refractivity contribution in [3.8, 4) is 0 Å². The molecule has 1 amide bonds. The molecule has 1 N–H and O–H groups in total. The summed E-state index contributed by atoms with van der Waals surface area (Å²) in [4.78, 5) is 21.0. The highest BCUT2D eigenvalue weighted by Crippen LogP contribution is 2.16. The Labute approximate surface area is 129 Å². The van der Waals surface area contributed by atoms with Gasteiger partial charge in [0.05, 0.1) is 6.54 Å². The second-order valence-electron chi connectivity index (χ2n) is 5.44. The van der Waals surface area contributed by atoms with E-state index < -0.39 is 0 Å². The van der Waals surface area contributed by atoms with Crippen LogP contribution < -0.4 is 0 Å². The lowest BCUT2D eigenvalue weighted by Crippen LogP contribution is -2.50. The van der Waals surface area contributed by atoms with E-state index in [9.17, 15) is 4.79 Å². The summed E-state index contributed by atoms with van der Waals surface area (Å²) < 4.78 is 1.75. The molecule has 3 heterocycles. The van der Waals surface area contributed by atoms with E-state index >= 15 is 0 Å². The van der Waals surface area contributed by atoms with Crippen LogP contribution in [0.2, 0.25) is 0 Å². The third-order valence-electron chi connectivity index (χ3n) is 4.04. The molecule has 2 aromatic rings. The van der Waals surface area contributed by atoms with Crippen molar-refractivity contribution in [1.82, 2.24) is 34.8 Å². The minimum absolute atomic E-state index is 0.158. The number of nitrogens with one attached hydrogen (secondary N) is 1. The van der Waals surface area contributed by atoms with Crippen LogP contribution in [0, 0.1) is 0 Å². The minimum atomic E-state index is -0.198. The Morgan fingerprint density at radius 1 is 1.36 bits per heavy atom. The second kappa shape index (κ2) is 6.69. The average molecular weight is 303 g/mol. The van der Waals surface area contributed by atoms with Crippen molar-refractivity contribution in [3.63, 3.8) is 0 Å². The van der Waals surface area contributed by atoms with Crippen molar-refractivity contribution in [3.05, 3.63) is 30.6 Å². The van der Waals surface area contributed by atoms with Gasteiger partial charge in [-0.1, -0.05) is 6.92 Å². The van der Waals surface area contributed by atoms with Crippen molar-refractivity contribution in [2.75, 3.05) is 26.2 Å². The van der Waals surface area contributed by atoms with Gasteiger partial charge in [0.15, 0.2) is 0 Å². The van der Waals surface area contributed by atoms with Crippen LogP contribution in [0.1, 0.15) is 25.2 Å². The SMILES string of the molecule is CC[C@@H](C(=O)N1CCN(Cc2ncn[nH]2)CC1)n1cccn1. The van der Waals surface area contributed by atoms with E-state index in [1.54, 1.807) is 10.9 Å². The number of amides is 1. The predicted molar refractivity (Wildman–Crippen MR) is 79.8 cm³/mol. The van der Waals surface area contributed by atoms with E-state index in [1.807, 2.05) is 24.1 Å². The van der Waals surface area contributed by atoms with Crippen LogP contribution in [-0.4, -0.2) is 66.8 Å². The lowest BCUT2D eigenvalue weighted by molar-refractivity contribution is -0.137. The van der Waals surface area contributed by atoms with Gasteiger partial charge in [0.25, 0.3) is 0 Å². The van der Waals surface area contributed by atoms with E-state index in [-0.39, 0.29) is 11.9 Å². The molecule has 2 aromatic heterocycles. The number of H-pyrrole nitrogens is 1. The Balaban J connectivity index is 1.55. The van der Waals surface area contributed by atoms with E-state index in [2.05, 4.69) is 25.2 Å². The summed E-state index contributed by atoms with van der Waals surface area (Å²) in [7, 11) is 0. The molecule has 0 aliphatic carbocycles. The highest BCUT2D eigenvalue weighted by molar-refractivity contribution is 5.80. The zero-order valence-corrected chi connectivity index (χ0v) is 12.7. The summed E-state index contributed by atoms with van der Waals surface area (Å²) in [6.45, 7) is 5.95. The fourth-order valence-electron chi connectivity index (χ4n) is 2.80. The fraction of sp³-hybridized carbons (Fsp3) is 0.571. The molecule has 22 heavy (non-hydrogen) atoms. The molecule has 1 fully saturated rings. The molecule has 0 bridgehead atoms. The largest absolute Gasteiger partial charge is 0.338 e. The zero-order chi connectivity index (χ0) is 15.4. The van der Waals surface area contributed by atoms with E-state index in [0.717, 1.165) is 45.0 Å². The smallest absolute Gasteiger partial charge is 0.247 e. The maximum Gasteiger partial charge on any atom is 0.247 e. The Hall–Kier alpha value is -2.22. The molecule has 0 aromatic carbocycles. The monoisotopic (exact) mass is 303 g/mol. The van der Waals surface area contributed by atoms with Gasteiger partial charge < -0.3 is 4.90 Å². The molecular formula is C14H21N7O. The Morgan fingerprint density at radius 2 is 2.18 bits per heavy atom. The van der Waals surface area contributed by atoms with Gasteiger partial charge in [-0.2, -0.15) is 10.2 Å². The van der Waals surface area contributed by atoms with E-state index in [1.165, 1.54) is 6.33 Å². The van der Waals surface area contributed by atoms with Crippen molar-refractivity contribution in [1.29, 1.82) is 0 Å². The number of hydrogen-bond acceptors (Lipinski definition) is 5. The molecule has 0 unspecified atom stereocenters. The minimum Gasteiger partial charge on any atom is -0.338 e. The Bertz CT molecular complexity index is 572. The summed E-state index contributed by atoms with van der Waals surface area (Å²) in [5.74, 6) is 1.02. The molecule has 1 aliphatic rings. The molecule has 8 heteroatoms. The standard InChI is InChI=1S/C14H21N7O/c1-2-12(21-5-3-4-17-21)14(22)20-8-6-19(7-9-20)10-13-15-11-16-18-13/h3-5,11-12H,2,6-10H2,1H3,(H,15,16,18)/t12-/m0/s1. The van der Waals surface area contributed by atoms with E-state index in [0.29, 0.717) is 0 Å². The number of piperazine rings is 1. The maximum absolute atomic E-state index is 12.7. The Kier molecular flexibility index (Phi) is 4.47. The van der Waals surface area contributed by atoms with Gasteiger partial charge in [-0.25, -0.2) is 4.98 Å². The van der Waals surface area contributed by atoms with Crippen molar-refractivity contribution in [2.24, 2.45) is 0 Å². The van der Waals surface area contributed by atoms with E-state index in [4.69, 9.17) is 0 Å².